The average Bonchev–Trinajstić information content (AvgIpc) is 2.34. The lowest BCUT2D eigenvalue weighted by Gasteiger charge is -1.96. The molecule has 0 aliphatic heterocycles. The fraction of sp³-hybridized carbons (Fsp3) is 0. The molecule has 2 aromatic rings. The molecule has 2 aromatic heterocycles. The van der Waals surface area contributed by atoms with Crippen molar-refractivity contribution in [3.63, 3.8) is 0 Å². The number of aromatic hydroxyl groups is 1. The lowest BCUT2D eigenvalue weighted by atomic mass is 10.5. The summed E-state index contributed by atoms with van der Waals surface area (Å²) in [6.45, 7) is 0. The van der Waals surface area contributed by atoms with Gasteiger partial charge < -0.3 is 5.11 Å². The van der Waals surface area contributed by atoms with Gasteiger partial charge in [-0.15, -0.1) is 0 Å². The first-order chi connectivity index (χ1) is 5.29. The number of nitrogens with zero attached hydrogens (tertiary/aromatic N) is 2. The van der Waals surface area contributed by atoms with Crippen molar-refractivity contribution in [1.29, 1.82) is 0 Å². The van der Waals surface area contributed by atoms with E-state index in [0.717, 1.165) is 10.3 Å². The molecule has 0 amide bonds. The molecule has 4 heteroatoms. The fourth-order valence-electron chi connectivity index (χ4n) is 0.981. The summed E-state index contributed by atoms with van der Waals surface area (Å²) in [7, 11) is 0. The van der Waals surface area contributed by atoms with Crippen molar-refractivity contribution >= 4 is 21.6 Å². The molecule has 56 valence electrons. The lowest BCUT2D eigenvalue weighted by molar-refractivity contribution is 0.447. The highest BCUT2D eigenvalue weighted by Gasteiger charge is 2.01. The summed E-state index contributed by atoms with van der Waals surface area (Å²) in [6, 6.07) is 5.53. The Morgan fingerprint density at radius 2 is 2.27 bits per heavy atom. The van der Waals surface area contributed by atoms with Crippen LogP contribution < -0.4 is 0 Å². The van der Waals surface area contributed by atoms with E-state index in [-0.39, 0.29) is 5.88 Å². The highest BCUT2D eigenvalue weighted by molar-refractivity contribution is 9.10. The van der Waals surface area contributed by atoms with Gasteiger partial charge in [0.15, 0.2) is 0 Å². The van der Waals surface area contributed by atoms with Crippen LogP contribution >= 0.6 is 15.9 Å². The molecular formula is C7H5BrN2O. The van der Waals surface area contributed by atoms with E-state index in [9.17, 15) is 5.11 Å². The number of halogens is 1. The Morgan fingerprint density at radius 3 is 3.00 bits per heavy atom. The van der Waals surface area contributed by atoms with E-state index in [1.54, 1.807) is 4.40 Å². The molecule has 0 saturated heterocycles. The maximum absolute atomic E-state index is 9.26. The van der Waals surface area contributed by atoms with Gasteiger partial charge in [0.05, 0.1) is 10.8 Å². The standard InChI is InChI=1S/C7H5BrN2O/c8-5-2-1-3-6-9-4-7(11)10(5)6/h1-4,11H. The maximum atomic E-state index is 9.26. The first-order valence-electron chi connectivity index (χ1n) is 3.10. The average molecular weight is 213 g/mol. The number of fused-ring (bicyclic) bond motifs is 1. The zero-order valence-electron chi connectivity index (χ0n) is 5.53. The van der Waals surface area contributed by atoms with E-state index < -0.39 is 0 Å². The predicted molar refractivity (Wildman–Crippen MR) is 44.6 cm³/mol. The van der Waals surface area contributed by atoms with Gasteiger partial charge in [0.2, 0.25) is 5.88 Å². The van der Waals surface area contributed by atoms with Crippen molar-refractivity contribution < 1.29 is 5.11 Å². The molecule has 0 aliphatic carbocycles. The molecule has 0 fully saturated rings. The van der Waals surface area contributed by atoms with Crippen LogP contribution in [-0.2, 0) is 0 Å². The SMILES string of the molecule is Oc1cnc2cccc(Br)n12. The van der Waals surface area contributed by atoms with E-state index in [1.165, 1.54) is 6.20 Å². The number of hydrogen-bond acceptors (Lipinski definition) is 2. The molecule has 0 aromatic carbocycles. The Labute approximate surface area is 71.4 Å². The number of hydrogen-bond donors (Lipinski definition) is 1. The van der Waals surface area contributed by atoms with Gasteiger partial charge in [-0.3, -0.25) is 4.40 Å². The van der Waals surface area contributed by atoms with Gasteiger partial charge in [-0.2, -0.15) is 0 Å². The summed E-state index contributed by atoms with van der Waals surface area (Å²) in [4.78, 5) is 3.96. The largest absolute Gasteiger partial charge is 0.493 e. The zero-order valence-corrected chi connectivity index (χ0v) is 7.12. The molecule has 0 atom stereocenters. The number of pyridine rings is 1. The minimum absolute atomic E-state index is 0.146. The van der Waals surface area contributed by atoms with Gasteiger partial charge in [0.25, 0.3) is 0 Å². The number of imidazole rings is 1. The molecule has 0 radical (unpaired) electrons. The first-order valence-corrected chi connectivity index (χ1v) is 3.89. The second-order valence-corrected chi connectivity index (χ2v) is 2.97. The van der Waals surface area contributed by atoms with E-state index in [2.05, 4.69) is 20.9 Å². The summed E-state index contributed by atoms with van der Waals surface area (Å²) in [5, 5.41) is 9.26. The summed E-state index contributed by atoms with van der Waals surface area (Å²) < 4.78 is 2.41. The highest BCUT2D eigenvalue weighted by atomic mass is 79.9. The molecule has 0 bridgehead atoms. The van der Waals surface area contributed by atoms with Gasteiger partial charge in [-0.05, 0) is 28.1 Å². The molecule has 0 aliphatic rings. The van der Waals surface area contributed by atoms with Crippen LogP contribution in [-0.4, -0.2) is 14.5 Å². The summed E-state index contributed by atoms with van der Waals surface area (Å²) in [5.74, 6) is 0.146. The van der Waals surface area contributed by atoms with Crippen molar-refractivity contribution in [2.24, 2.45) is 0 Å². The Morgan fingerprint density at radius 1 is 1.45 bits per heavy atom. The molecule has 11 heavy (non-hydrogen) atoms. The van der Waals surface area contributed by atoms with E-state index in [4.69, 9.17) is 0 Å². The molecule has 0 unspecified atom stereocenters. The van der Waals surface area contributed by atoms with Crippen LogP contribution in [0.15, 0.2) is 29.0 Å². The minimum Gasteiger partial charge on any atom is -0.493 e. The first kappa shape index (κ1) is 6.67. The summed E-state index contributed by atoms with van der Waals surface area (Å²) in [6.07, 6.45) is 1.42. The van der Waals surface area contributed by atoms with Crippen LogP contribution in [0.2, 0.25) is 0 Å². The molecule has 0 spiro atoms. The molecule has 2 rings (SSSR count). The monoisotopic (exact) mass is 212 g/mol. The third-order valence-electron chi connectivity index (χ3n) is 1.46. The van der Waals surface area contributed by atoms with Gasteiger partial charge >= 0.3 is 0 Å². The van der Waals surface area contributed by atoms with Crippen LogP contribution in [0, 0.1) is 0 Å². The smallest absolute Gasteiger partial charge is 0.216 e. The quantitative estimate of drug-likeness (QED) is 0.677. The van der Waals surface area contributed by atoms with Gasteiger partial charge in [-0.1, -0.05) is 6.07 Å². The fourth-order valence-corrected chi connectivity index (χ4v) is 1.50. The van der Waals surface area contributed by atoms with Crippen LogP contribution in [0.1, 0.15) is 0 Å². The third-order valence-corrected chi connectivity index (χ3v) is 2.08. The van der Waals surface area contributed by atoms with E-state index in [1.807, 2.05) is 18.2 Å². The van der Waals surface area contributed by atoms with Crippen LogP contribution in [0.4, 0.5) is 0 Å². The van der Waals surface area contributed by atoms with Gasteiger partial charge in [0.1, 0.15) is 5.65 Å². The second-order valence-electron chi connectivity index (χ2n) is 2.16. The Balaban J connectivity index is 2.96. The molecule has 3 nitrogen and oxygen atoms in total. The van der Waals surface area contributed by atoms with Crippen molar-refractivity contribution in [3.05, 3.63) is 29.0 Å². The number of rotatable bonds is 0. The van der Waals surface area contributed by atoms with Gasteiger partial charge in [-0.25, -0.2) is 4.98 Å². The van der Waals surface area contributed by atoms with Crippen LogP contribution in [0.5, 0.6) is 5.88 Å². The Hall–Kier alpha value is -1.03. The molecule has 1 N–H and O–H groups in total. The van der Waals surface area contributed by atoms with Crippen molar-refractivity contribution in [3.8, 4) is 5.88 Å². The predicted octanol–water partition coefficient (Wildman–Crippen LogP) is 1.80. The third kappa shape index (κ3) is 0.903. The number of aromatic nitrogens is 2. The Bertz CT molecular complexity index is 396. The summed E-state index contributed by atoms with van der Waals surface area (Å²) >= 11 is 3.29. The Kier molecular flexibility index (Phi) is 1.35. The van der Waals surface area contributed by atoms with Crippen molar-refractivity contribution in [2.45, 2.75) is 0 Å². The van der Waals surface area contributed by atoms with Crippen LogP contribution in [0.25, 0.3) is 5.65 Å². The van der Waals surface area contributed by atoms with Crippen LogP contribution in [0.3, 0.4) is 0 Å². The lowest BCUT2D eigenvalue weighted by Crippen LogP contribution is -1.84. The molecular weight excluding hydrogens is 208 g/mol. The summed E-state index contributed by atoms with van der Waals surface area (Å²) in [5.41, 5.74) is 0.733. The van der Waals surface area contributed by atoms with E-state index >= 15 is 0 Å². The second kappa shape index (κ2) is 2.23. The normalized spacial score (nSPS) is 10.6. The topological polar surface area (TPSA) is 37.5 Å². The maximum Gasteiger partial charge on any atom is 0.216 e. The zero-order chi connectivity index (χ0) is 7.84. The highest BCUT2D eigenvalue weighted by Crippen LogP contribution is 2.19. The van der Waals surface area contributed by atoms with Gasteiger partial charge in [0, 0.05) is 0 Å². The van der Waals surface area contributed by atoms with E-state index in [0.29, 0.717) is 0 Å². The molecule has 2 heterocycles. The van der Waals surface area contributed by atoms with Crippen molar-refractivity contribution in [2.75, 3.05) is 0 Å². The van der Waals surface area contributed by atoms with Crippen molar-refractivity contribution in [1.82, 2.24) is 9.38 Å². The minimum atomic E-state index is 0.146. The molecule has 0 saturated carbocycles.